The minimum atomic E-state index is -0.984. The zero-order chi connectivity index (χ0) is 38.3. The number of benzene rings is 2. The van der Waals surface area contributed by atoms with Gasteiger partial charge in [0.2, 0.25) is 11.8 Å². The number of ether oxygens (including phenoxy) is 1. The summed E-state index contributed by atoms with van der Waals surface area (Å²) in [5, 5.41) is 14.5. The molecule has 4 fully saturated rings. The van der Waals surface area contributed by atoms with Crippen molar-refractivity contribution in [3.05, 3.63) is 95.4 Å². The van der Waals surface area contributed by atoms with Gasteiger partial charge in [-0.3, -0.25) is 39.1 Å². The molecule has 1 atom stereocenters. The Morgan fingerprint density at radius 2 is 1.64 bits per heavy atom. The average molecular weight is 757 g/mol. The predicted molar refractivity (Wildman–Crippen MR) is 206 cm³/mol. The highest BCUT2D eigenvalue weighted by molar-refractivity contribution is 6.23. The van der Waals surface area contributed by atoms with Crippen LogP contribution in [0.3, 0.4) is 0 Å². The van der Waals surface area contributed by atoms with E-state index >= 15 is 0 Å². The largest absolute Gasteiger partial charge is 0.445 e. The van der Waals surface area contributed by atoms with E-state index in [2.05, 4.69) is 32.9 Å². The third kappa shape index (κ3) is 7.23. The summed E-state index contributed by atoms with van der Waals surface area (Å²) < 4.78 is 7.66. The van der Waals surface area contributed by atoms with Crippen molar-refractivity contribution in [2.24, 2.45) is 5.92 Å². The van der Waals surface area contributed by atoms with Crippen LogP contribution >= 0.6 is 0 Å². The minimum absolute atomic E-state index is 0.0846. The molecule has 2 aromatic carbocycles. The second-order valence-electron chi connectivity index (χ2n) is 15.6. The fourth-order valence-corrected chi connectivity index (χ4v) is 8.29. The van der Waals surface area contributed by atoms with Gasteiger partial charge in [0.1, 0.15) is 12.6 Å². The van der Waals surface area contributed by atoms with Gasteiger partial charge in [0.05, 0.1) is 28.6 Å². The highest BCUT2D eigenvalue weighted by Gasteiger charge is 2.45. The SMILES string of the molecule is O=C1CCC(N2C(=O)c3ccc(NCC4CC(n5cc(-c6cc(NC7CCN(C(=O)OCc8ccccc8)CC7)ccn6)c(C6CC6)n5)C4)cc3C2=O)C(=O)N1. The monoisotopic (exact) mass is 756 g/mol. The molecule has 14 nitrogen and oxygen atoms in total. The lowest BCUT2D eigenvalue weighted by molar-refractivity contribution is -0.136. The van der Waals surface area contributed by atoms with Gasteiger partial charge in [0.15, 0.2) is 0 Å². The lowest BCUT2D eigenvalue weighted by atomic mass is 9.80. The number of hydrogen-bond donors (Lipinski definition) is 3. The van der Waals surface area contributed by atoms with Crippen LogP contribution in [0.4, 0.5) is 16.2 Å². The number of aromatic nitrogens is 3. The van der Waals surface area contributed by atoms with E-state index in [1.165, 1.54) is 0 Å². The van der Waals surface area contributed by atoms with Crippen molar-refractivity contribution in [2.75, 3.05) is 30.3 Å². The molecule has 2 saturated heterocycles. The molecule has 3 aliphatic heterocycles. The third-order valence-electron chi connectivity index (χ3n) is 11.7. The zero-order valence-corrected chi connectivity index (χ0v) is 31.0. The Bertz CT molecular complexity index is 2190. The van der Waals surface area contributed by atoms with Crippen molar-refractivity contribution in [3.63, 3.8) is 0 Å². The fourth-order valence-electron chi connectivity index (χ4n) is 8.29. The van der Waals surface area contributed by atoms with Crippen LogP contribution < -0.4 is 16.0 Å². The van der Waals surface area contributed by atoms with Crippen molar-refractivity contribution in [1.29, 1.82) is 0 Å². The van der Waals surface area contributed by atoms with Crippen LogP contribution in [0, 0.1) is 5.92 Å². The summed E-state index contributed by atoms with van der Waals surface area (Å²) in [6.45, 7) is 2.26. The Morgan fingerprint density at radius 3 is 2.41 bits per heavy atom. The van der Waals surface area contributed by atoms with E-state index in [4.69, 9.17) is 14.8 Å². The maximum Gasteiger partial charge on any atom is 0.410 e. The van der Waals surface area contributed by atoms with Crippen LogP contribution in [0.5, 0.6) is 0 Å². The van der Waals surface area contributed by atoms with E-state index in [1.54, 1.807) is 23.1 Å². The lowest BCUT2D eigenvalue weighted by Gasteiger charge is -2.35. The average Bonchev–Trinajstić information content (AvgIpc) is 3.90. The molecule has 4 aromatic rings. The number of amides is 5. The molecule has 3 N–H and O–H groups in total. The number of nitrogens with zero attached hydrogens (tertiary/aromatic N) is 5. The number of carbonyl (C=O) groups is 5. The van der Waals surface area contributed by atoms with E-state index < -0.39 is 29.7 Å². The van der Waals surface area contributed by atoms with Crippen LogP contribution in [0.1, 0.15) is 95.3 Å². The molecule has 0 radical (unpaired) electrons. The number of nitrogens with one attached hydrogen (secondary N) is 3. The summed E-state index contributed by atoms with van der Waals surface area (Å²) in [6, 6.07) is 18.5. The molecule has 1 unspecified atom stereocenters. The number of rotatable bonds is 11. The highest BCUT2D eigenvalue weighted by Crippen LogP contribution is 2.46. The molecule has 0 spiro atoms. The Hall–Kier alpha value is -6.05. The quantitative estimate of drug-likeness (QED) is 0.166. The van der Waals surface area contributed by atoms with Gasteiger partial charge in [0.25, 0.3) is 11.8 Å². The minimum Gasteiger partial charge on any atom is -0.445 e. The van der Waals surface area contributed by atoms with Gasteiger partial charge in [-0.1, -0.05) is 30.3 Å². The number of likely N-dealkylation sites (tertiary alicyclic amines) is 1. The van der Waals surface area contributed by atoms with E-state index in [0.29, 0.717) is 31.5 Å². The first-order valence-electron chi connectivity index (χ1n) is 19.6. The molecule has 56 heavy (non-hydrogen) atoms. The number of carbonyl (C=O) groups excluding carboxylic acids is 5. The number of imide groups is 2. The second kappa shape index (κ2) is 14.9. The first-order chi connectivity index (χ1) is 27.3. The van der Waals surface area contributed by atoms with Crippen molar-refractivity contribution >= 4 is 41.1 Å². The van der Waals surface area contributed by atoms with Crippen molar-refractivity contribution < 1.29 is 28.7 Å². The van der Waals surface area contributed by atoms with E-state index in [1.807, 2.05) is 42.6 Å². The van der Waals surface area contributed by atoms with E-state index in [0.717, 1.165) is 77.3 Å². The topological polar surface area (TPSA) is 168 Å². The summed E-state index contributed by atoms with van der Waals surface area (Å²) in [7, 11) is 0. The number of pyridine rings is 1. The molecular weight excluding hydrogens is 713 g/mol. The smallest absolute Gasteiger partial charge is 0.410 e. The third-order valence-corrected chi connectivity index (χ3v) is 11.7. The van der Waals surface area contributed by atoms with Crippen molar-refractivity contribution in [1.82, 2.24) is 29.9 Å². The molecule has 2 aromatic heterocycles. The first kappa shape index (κ1) is 35.6. The normalized spacial score (nSPS) is 22.4. The van der Waals surface area contributed by atoms with Crippen LogP contribution in [0.25, 0.3) is 11.3 Å². The molecule has 5 aliphatic rings. The molecule has 2 aliphatic carbocycles. The Labute approximate surface area is 324 Å². The molecular formula is C42H44N8O6. The molecule has 2 saturated carbocycles. The van der Waals surface area contributed by atoms with E-state index in [9.17, 15) is 24.0 Å². The molecule has 5 amide bonds. The van der Waals surface area contributed by atoms with Gasteiger partial charge in [-0.25, -0.2) is 4.79 Å². The van der Waals surface area contributed by atoms with Gasteiger partial charge in [-0.05, 0) is 86.8 Å². The van der Waals surface area contributed by atoms with Crippen LogP contribution in [0.2, 0.25) is 0 Å². The highest BCUT2D eigenvalue weighted by atomic mass is 16.6. The van der Waals surface area contributed by atoms with Crippen LogP contribution in [-0.4, -0.2) is 86.0 Å². The van der Waals surface area contributed by atoms with Gasteiger partial charge in [-0.15, -0.1) is 0 Å². The van der Waals surface area contributed by atoms with Crippen molar-refractivity contribution in [2.45, 2.75) is 82.0 Å². The number of anilines is 2. The Morgan fingerprint density at radius 1 is 0.857 bits per heavy atom. The van der Waals surface area contributed by atoms with Gasteiger partial charge in [0, 0.05) is 67.3 Å². The predicted octanol–water partition coefficient (Wildman–Crippen LogP) is 5.50. The molecule has 9 rings (SSSR count). The summed E-state index contributed by atoms with van der Waals surface area (Å²) in [5.74, 6) is -1.17. The summed E-state index contributed by atoms with van der Waals surface area (Å²) in [4.78, 5) is 70.5. The van der Waals surface area contributed by atoms with Gasteiger partial charge < -0.3 is 20.3 Å². The Balaban J connectivity index is 0.780. The maximum absolute atomic E-state index is 13.2. The van der Waals surface area contributed by atoms with Crippen LogP contribution in [0.15, 0.2) is 73.1 Å². The summed E-state index contributed by atoms with van der Waals surface area (Å²) in [5.41, 5.74) is 6.35. The van der Waals surface area contributed by atoms with Crippen molar-refractivity contribution in [3.8, 4) is 11.3 Å². The van der Waals surface area contributed by atoms with Gasteiger partial charge >= 0.3 is 6.09 Å². The lowest BCUT2D eigenvalue weighted by Crippen LogP contribution is -2.54. The maximum atomic E-state index is 13.2. The fraction of sp³-hybridized carbons (Fsp3) is 0.405. The van der Waals surface area contributed by atoms with E-state index in [-0.39, 0.29) is 48.8 Å². The Kier molecular flexibility index (Phi) is 9.47. The van der Waals surface area contributed by atoms with Crippen LogP contribution in [-0.2, 0) is 20.9 Å². The molecule has 0 bridgehead atoms. The number of hydrogen-bond acceptors (Lipinski definition) is 10. The first-order valence-corrected chi connectivity index (χ1v) is 19.6. The molecule has 14 heteroatoms. The second-order valence-corrected chi connectivity index (χ2v) is 15.6. The summed E-state index contributed by atoms with van der Waals surface area (Å²) in [6.07, 6.45) is 9.78. The molecule has 5 heterocycles. The van der Waals surface area contributed by atoms with Gasteiger partial charge in [-0.2, -0.15) is 5.10 Å². The number of piperidine rings is 2. The molecule has 288 valence electrons. The summed E-state index contributed by atoms with van der Waals surface area (Å²) >= 11 is 0. The number of fused-ring (bicyclic) bond motifs is 1. The standard InChI is InChI=1S/C42H44N8O6/c51-37-11-10-36(39(52)46-37)50-40(53)32-9-8-29(20-33(32)41(50)54)44-22-26-18-31(19-26)49-23-34(38(47-49)27-6-7-27)35-21-30(12-15-43-35)45-28-13-16-48(17-14-28)42(55)56-24-25-4-2-1-3-5-25/h1-5,8-9,12,15,20-21,23,26-28,31,36,44H,6-7,10-11,13-14,16-19,22,24H2,(H,43,45)(H,46,51,52). The zero-order valence-electron chi connectivity index (χ0n) is 31.0.